The molecule has 1 nitrogen and oxygen atoms in total. The molecule has 17 heavy (non-hydrogen) atoms. The first-order valence-corrected chi connectivity index (χ1v) is 6.94. The molecule has 1 aromatic carbocycles. The molecule has 3 atom stereocenters. The van der Waals surface area contributed by atoms with Gasteiger partial charge in [0.2, 0.25) is 0 Å². The van der Waals surface area contributed by atoms with Crippen molar-refractivity contribution in [3.8, 4) is 0 Å². The van der Waals surface area contributed by atoms with Gasteiger partial charge in [-0.3, -0.25) is 0 Å². The number of aryl methyl sites for hydroxylation is 1. The number of benzene rings is 1. The monoisotopic (exact) mass is 231 g/mol. The molecular weight excluding hydrogens is 206 g/mol. The Balaban J connectivity index is 2.28. The average Bonchev–Trinajstić information content (AvgIpc) is 2.34. The molecule has 1 aliphatic rings. The maximum absolute atomic E-state index is 6.71. The van der Waals surface area contributed by atoms with E-state index in [1.54, 1.807) is 0 Å². The first kappa shape index (κ1) is 12.6. The van der Waals surface area contributed by atoms with Crippen LogP contribution in [-0.2, 0) is 12.0 Å². The average molecular weight is 231 g/mol. The molecule has 0 bridgehead atoms. The smallest absolute Gasteiger partial charge is 0.0438 e. The number of nitrogens with two attached hydrogens (primary N) is 1. The molecule has 0 heterocycles. The lowest BCUT2D eigenvalue weighted by Gasteiger charge is -2.42. The van der Waals surface area contributed by atoms with Crippen molar-refractivity contribution < 1.29 is 0 Å². The van der Waals surface area contributed by atoms with Gasteiger partial charge in [-0.15, -0.1) is 0 Å². The van der Waals surface area contributed by atoms with Gasteiger partial charge in [0, 0.05) is 5.54 Å². The summed E-state index contributed by atoms with van der Waals surface area (Å²) in [5.41, 5.74) is 9.32. The number of hydrogen-bond acceptors (Lipinski definition) is 1. The van der Waals surface area contributed by atoms with Gasteiger partial charge in [-0.1, -0.05) is 51.5 Å². The Labute approximate surface area is 105 Å². The summed E-state index contributed by atoms with van der Waals surface area (Å²) in [4.78, 5) is 0. The van der Waals surface area contributed by atoms with Crippen molar-refractivity contribution in [1.29, 1.82) is 0 Å². The van der Waals surface area contributed by atoms with Crippen LogP contribution in [0.5, 0.6) is 0 Å². The van der Waals surface area contributed by atoms with E-state index in [9.17, 15) is 0 Å². The summed E-state index contributed by atoms with van der Waals surface area (Å²) in [6, 6.07) is 8.95. The molecule has 3 unspecified atom stereocenters. The lowest BCUT2D eigenvalue weighted by atomic mass is 9.67. The second-order valence-corrected chi connectivity index (χ2v) is 5.88. The highest BCUT2D eigenvalue weighted by atomic mass is 14.8. The van der Waals surface area contributed by atoms with Gasteiger partial charge in [0.15, 0.2) is 0 Å². The van der Waals surface area contributed by atoms with E-state index in [4.69, 9.17) is 5.73 Å². The van der Waals surface area contributed by atoms with Gasteiger partial charge in [-0.25, -0.2) is 0 Å². The van der Waals surface area contributed by atoms with Gasteiger partial charge in [0.05, 0.1) is 0 Å². The molecule has 1 fully saturated rings. The summed E-state index contributed by atoms with van der Waals surface area (Å²) in [5.74, 6) is 1.34. The van der Waals surface area contributed by atoms with E-state index in [-0.39, 0.29) is 5.54 Å². The molecule has 1 heteroatoms. The molecule has 0 saturated heterocycles. The van der Waals surface area contributed by atoms with Crippen LogP contribution in [0.15, 0.2) is 24.3 Å². The molecule has 0 spiro atoms. The zero-order valence-electron chi connectivity index (χ0n) is 11.4. The molecule has 1 saturated carbocycles. The van der Waals surface area contributed by atoms with Crippen molar-refractivity contribution >= 4 is 0 Å². The van der Waals surface area contributed by atoms with E-state index in [0.29, 0.717) is 5.92 Å². The summed E-state index contributed by atoms with van der Waals surface area (Å²) in [6.07, 6.45) is 4.81. The van der Waals surface area contributed by atoms with Crippen LogP contribution in [0.3, 0.4) is 0 Å². The van der Waals surface area contributed by atoms with Crippen molar-refractivity contribution in [1.82, 2.24) is 0 Å². The Bertz CT molecular complexity index is 368. The van der Waals surface area contributed by atoms with Crippen molar-refractivity contribution in [2.75, 3.05) is 0 Å². The molecular formula is C16H25N. The van der Waals surface area contributed by atoms with E-state index in [1.807, 2.05) is 0 Å². The van der Waals surface area contributed by atoms with Crippen LogP contribution in [0.1, 0.15) is 51.2 Å². The van der Waals surface area contributed by atoms with Crippen molar-refractivity contribution in [3.63, 3.8) is 0 Å². The molecule has 0 aromatic heterocycles. The topological polar surface area (TPSA) is 26.0 Å². The zero-order valence-corrected chi connectivity index (χ0v) is 11.4. The van der Waals surface area contributed by atoms with Gasteiger partial charge in [-0.2, -0.15) is 0 Å². The molecule has 0 radical (unpaired) electrons. The molecule has 0 amide bonds. The summed E-state index contributed by atoms with van der Waals surface area (Å²) >= 11 is 0. The molecule has 1 aliphatic carbocycles. The summed E-state index contributed by atoms with van der Waals surface area (Å²) < 4.78 is 0. The zero-order chi connectivity index (χ0) is 12.5. The fourth-order valence-electron chi connectivity index (χ4n) is 3.13. The maximum Gasteiger partial charge on any atom is 0.0438 e. The lowest BCUT2D eigenvalue weighted by Crippen LogP contribution is -2.47. The highest BCUT2D eigenvalue weighted by molar-refractivity contribution is 5.29. The Morgan fingerprint density at radius 1 is 1.18 bits per heavy atom. The molecule has 2 rings (SSSR count). The van der Waals surface area contributed by atoms with Crippen LogP contribution in [-0.4, -0.2) is 0 Å². The van der Waals surface area contributed by atoms with Gasteiger partial charge < -0.3 is 5.73 Å². The molecule has 2 N–H and O–H groups in total. The normalized spacial score (nSPS) is 33.6. The second-order valence-electron chi connectivity index (χ2n) is 5.88. The highest BCUT2D eigenvalue weighted by Crippen LogP contribution is 2.41. The van der Waals surface area contributed by atoms with Crippen molar-refractivity contribution in [2.24, 2.45) is 17.6 Å². The predicted octanol–water partition coefficient (Wildman–Crippen LogP) is 3.86. The highest BCUT2D eigenvalue weighted by Gasteiger charge is 2.38. The largest absolute Gasteiger partial charge is 0.321 e. The van der Waals surface area contributed by atoms with E-state index in [1.165, 1.54) is 24.0 Å². The molecule has 94 valence electrons. The standard InChI is InChI=1S/C16H25N/c1-4-14-7-9-15(10-8-14)16(17)11-12(2)5-6-13(16)3/h7-10,12-13H,4-6,11,17H2,1-3H3. The van der Waals surface area contributed by atoms with Crippen LogP contribution < -0.4 is 5.73 Å². The van der Waals surface area contributed by atoms with E-state index >= 15 is 0 Å². The van der Waals surface area contributed by atoms with Crippen LogP contribution in [0, 0.1) is 11.8 Å². The first-order chi connectivity index (χ1) is 8.06. The number of rotatable bonds is 2. The third-order valence-electron chi connectivity index (χ3n) is 4.56. The minimum atomic E-state index is -0.107. The van der Waals surface area contributed by atoms with Gasteiger partial charge in [-0.05, 0) is 42.2 Å². The third kappa shape index (κ3) is 2.40. The minimum absolute atomic E-state index is 0.107. The van der Waals surface area contributed by atoms with E-state index in [0.717, 1.165) is 18.8 Å². The van der Waals surface area contributed by atoms with E-state index in [2.05, 4.69) is 45.0 Å². The van der Waals surface area contributed by atoms with E-state index < -0.39 is 0 Å². The Kier molecular flexibility index (Phi) is 3.58. The SMILES string of the molecule is CCc1ccc(C2(N)CC(C)CCC2C)cc1. The van der Waals surface area contributed by atoms with Gasteiger partial charge >= 0.3 is 0 Å². The van der Waals surface area contributed by atoms with Crippen LogP contribution in [0.2, 0.25) is 0 Å². The first-order valence-electron chi connectivity index (χ1n) is 6.94. The molecule has 0 aliphatic heterocycles. The van der Waals surface area contributed by atoms with Crippen LogP contribution in [0.25, 0.3) is 0 Å². The van der Waals surface area contributed by atoms with Crippen molar-refractivity contribution in [3.05, 3.63) is 35.4 Å². The van der Waals surface area contributed by atoms with Gasteiger partial charge in [0.1, 0.15) is 0 Å². The summed E-state index contributed by atoms with van der Waals surface area (Å²) in [5, 5.41) is 0. The van der Waals surface area contributed by atoms with Crippen LogP contribution in [0.4, 0.5) is 0 Å². The predicted molar refractivity (Wildman–Crippen MR) is 73.9 cm³/mol. The van der Waals surface area contributed by atoms with Gasteiger partial charge in [0.25, 0.3) is 0 Å². The fraction of sp³-hybridized carbons (Fsp3) is 0.625. The van der Waals surface area contributed by atoms with Crippen molar-refractivity contribution in [2.45, 2.75) is 52.0 Å². The summed E-state index contributed by atoms with van der Waals surface area (Å²) in [7, 11) is 0. The Hall–Kier alpha value is -0.820. The number of hydrogen-bond donors (Lipinski definition) is 1. The third-order valence-corrected chi connectivity index (χ3v) is 4.56. The Morgan fingerprint density at radius 2 is 1.82 bits per heavy atom. The molecule has 1 aromatic rings. The van der Waals surface area contributed by atoms with Crippen LogP contribution >= 0.6 is 0 Å². The Morgan fingerprint density at radius 3 is 2.41 bits per heavy atom. The lowest BCUT2D eigenvalue weighted by molar-refractivity contribution is 0.162. The maximum atomic E-state index is 6.71. The second kappa shape index (κ2) is 4.81. The summed E-state index contributed by atoms with van der Waals surface area (Å²) in [6.45, 7) is 6.83. The minimum Gasteiger partial charge on any atom is -0.321 e. The fourth-order valence-corrected chi connectivity index (χ4v) is 3.13. The quantitative estimate of drug-likeness (QED) is 0.821.